The molecule has 0 aromatic heterocycles. The van der Waals surface area contributed by atoms with Crippen LogP contribution in [0, 0.1) is 0 Å². The maximum atomic E-state index is 10.3. The van der Waals surface area contributed by atoms with Crippen LogP contribution in [0.2, 0.25) is 5.02 Å². The van der Waals surface area contributed by atoms with Gasteiger partial charge in [0, 0.05) is 5.02 Å². The number of hydrogen-bond acceptors (Lipinski definition) is 1. The number of halogens is 1. The Bertz CT molecular complexity index is 303. The molecular formula is C14H21ClO. The van der Waals surface area contributed by atoms with Crippen molar-refractivity contribution in [1.29, 1.82) is 0 Å². The molecule has 16 heavy (non-hydrogen) atoms. The molecule has 1 unspecified atom stereocenters. The lowest BCUT2D eigenvalue weighted by Crippen LogP contribution is -2.20. The molecule has 1 rings (SSSR count). The molecule has 0 spiro atoms. The van der Waals surface area contributed by atoms with Crippen LogP contribution in [0.5, 0.6) is 0 Å². The van der Waals surface area contributed by atoms with Crippen molar-refractivity contribution in [2.24, 2.45) is 0 Å². The summed E-state index contributed by atoms with van der Waals surface area (Å²) in [6.07, 6.45) is 5.55. The zero-order valence-electron chi connectivity index (χ0n) is 10.2. The normalized spacial score (nSPS) is 14.8. The van der Waals surface area contributed by atoms with E-state index in [4.69, 9.17) is 11.6 Å². The molecular weight excluding hydrogens is 220 g/mol. The van der Waals surface area contributed by atoms with Gasteiger partial charge >= 0.3 is 0 Å². The number of unbranched alkanes of at least 4 members (excludes halogenated alkanes) is 3. The van der Waals surface area contributed by atoms with Crippen molar-refractivity contribution in [3.8, 4) is 0 Å². The first-order valence-corrected chi connectivity index (χ1v) is 6.42. The summed E-state index contributed by atoms with van der Waals surface area (Å²) in [5.74, 6) is 0. The van der Waals surface area contributed by atoms with Crippen molar-refractivity contribution in [3.63, 3.8) is 0 Å². The van der Waals surface area contributed by atoms with Gasteiger partial charge in [0.25, 0.3) is 0 Å². The molecule has 1 aromatic carbocycles. The van der Waals surface area contributed by atoms with Crippen molar-refractivity contribution in [2.75, 3.05) is 0 Å². The molecule has 1 N–H and O–H groups in total. The molecule has 0 saturated heterocycles. The second-order valence-electron chi connectivity index (χ2n) is 4.59. The van der Waals surface area contributed by atoms with Gasteiger partial charge in [0.05, 0.1) is 5.60 Å². The lowest BCUT2D eigenvalue weighted by Gasteiger charge is -2.23. The predicted octanol–water partition coefficient (Wildman–Crippen LogP) is 4.52. The lowest BCUT2D eigenvalue weighted by atomic mass is 9.90. The van der Waals surface area contributed by atoms with E-state index >= 15 is 0 Å². The minimum absolute atomic E-state index is 0.713. The molecule has 0 bridgehead atoms. The third-order valence-electron chi connectivity index (χ3n) is 2.98. The van der Waals surface area contributed by atoms with Crippen LogP contribution in [0.15, 0.2) is 24.3 Å². The average Bonchev–Trinajstić information content (AvgIpc) is 2.25. The van der Waals surface area contributed by atoms with E-state index in [0.29, 0.717) is 5.02 Å². The van der Waals surface area contributed by atoms with E-state index in [0.717, 1.165) is 18.4 Å². The highest BCUT2D eigenvalue weighted by Crippen LogP contribution is 2.27. The van der Waals surface area contributed by atoms with Gasteiger partial charge in [-0.25, -0.2) is 0 Å². The largest absolute Gasteiger partial charge is 0.385 e. The SMILES string of the molecule is CCCCCCC(C)(O)c1ccc(Cl)cc1. The molecule has 1 nitrogen and oxygen atoms in total. The molecule has 0 aliphatic rings. The zero-order chi connectivity index (χ0) is 12.0. The van der Waals surface area contributed by atoms with Gasteiger partial charge < -0.3 is 5.11 Å². The summed E-state index contributed by atoms with van der Waals surface area (Å²) in [7, 11) is 0. The van der Waals surface area contributed by atoms with Crippen molar-refractivity contribution < 1.29 is 5.11 Å². The van der Waals surface area contributed by atoms with Crippen LogP contribution in [0.4, 0.5) is 0 Å². The highest BCUT2D eigenvalue weighted by Gasteiger charge is 2.21. The Morgan fingerprint density at radius 1 is 1.12 bits per heavy atom. The quantitative estimate of drug-likeness (QED) is 0.725. The molecule has 0 aliphatic carbocycles. The molecule has 2 heteroatoms. The Balaban J connectivity index is 2.52. The molecule has 0 radical (unpaired) electrons. The standard InChI is InChI=1S/C14H21ClO/c1-3-4-5-6-11-14(2,16)12-7-9-13(15)10-8-12/h7-10,16H,3-6,11H2,1-2H3. The first kappa shape index (κ1) is 13.5. The highest BCUT2D eigenvalue weighted by atomic mass is 35.5. The maximum Gasteiger partial charge on any atom is 0.0868 e. The fourth-order valence-electron chi connectivity index (χ4n) is 1.85. The van der Waals surface area contributed by atoms with Crippen molar-refractivity contribution in [2.45, 2.75) is 51.6 Å². The maximum absolute atomic E-state index is 10.3. The molecule has 1 aromatic rings. The molecule has 0 aliphatic heterocycles. The number of aliphatic hydroxyl groups is 1. The summed E-state index contributed by atoms with van der Waals surface area (Å²) in [5.41, 5.74) is 0.228. The van der Waals surface area contributed by atoms with Crippen molar-refractivity contribution in [3.05, 3.63) is 34.9 Å². The van der Waals surface area contributed by atoms with E-state index in [2.05, 4.69) is 6.92 Å². The molecule has 0 heterocycles. The van der Waals surface area contributed by atoms with E-state index in [1.807, 2.05) is 31.2 Å². The predicted molar refractivity (Wildman–Crippen MR) is 69.8 cm³/mol. The summed E-state index contributed by atoms with van der Waals surface area (Å²) in [4.78, 5) is 0. The van der Waals surface area contributed by atoms with Crippen LogP contribution in [0.3, 0.4) is 0 Å². The van der Waals surface area contributed by atoms with E-state index in [1.165, 1.54) is 19.3 Å². The van der Waals surface area contributed by atoms with Crippen molar-refractivity contribution >= 4 is 11.6 Å². The monoisotopic (exact) mass is 240 g/mol. The lowest BCUT2D eigenvalue weighted by molar-refractivity contribution is 0.0448. The van der Waals surface area contributed by atoms with Gasteiger partial charge in [-0.15, -0.1) is 0 Å². The third kappa shape index (κ3) is 4.15. The van der Waals surface area contributed by atoms with E-state index in [-0.39, 0.29) is 0 Å². The van der Waals surface area contributed by atoms with Crippen molar-refractivity contribution in [1.82, 2.24) is 0 Å². The molecule has 90 valence electrons. The van der Waals surface area contributed by atoms with Crippen LogP contribution in [-0.2, 0) is 5.60 Å². The highest BCUT2D eigenvalue weighted by molar-refractivity contribution is 6.30. The van der Waals surface area contributed by atoms with Crippen LogP contribution in [0.1, 0.15) is 51.5 Å². The summed E-state index contributed by atoms with van der Waals surface area (Å²) in [6, 6.07) is 7.47. The third-order valence-corrected chi connectivity index (χ3v) is 3.24. The van der Waals surface area contributed by atoms with E-state index < -0.39 is 5.60 Å². The zero-order valence-corrected chi connectivity index (χ0v) is 10.9. The topological polar surface area (TPSA) is 20.2 Å². The fourth-order valence-corrected chi connectivity index (χ4v) is 1.98. The Kier molecular flexibility index (Phi) is 5.30. The number of hydrogen-bond donors (Lipinski definition) is 1. The fraction of sp³-hybridized carbons (Fsp3) is 0.571. The Morgan fingerprint density at radius 3 is 2.31 bits per heavy atom. The van der Waals surface area contributed by atoms with Gasteiger partial charge in [0.1, 0.15) is 0 Å². The number of rotatable bonds is 6. The second-order valence-corrected chi connectivity index (χ2v) is 5.03. The van der Waals surface area contributed by atoms with Gasteiger partial charge in [-0.1, -0.05) is 56.3 Å². The minimum Gasteiger partial charge on any atom is -0.385 e. The first-order valence-electron chi connectivity index (χ1n) is 6.04. The minimum atomic E-state index is -0.724. The number of benzene rings is 1. The molecule has 0 amide bonds. The van der Waals surface area contributed by atoms with Gasteiger partial charge in [-0.2, -0.15) is 0 Å². The van der Waals surface area contributed by atoms with E-state index in [1.54, 1.807) is 0 Å². The van der Waals surface area contributed by atoms with Gasteiger partial charge in [0.2, 0.25) is 0 Å². The molecule has 0 fully saturated rings. The summed E-state index contributed by atoms with van der Waals surface area (Å²) in [6.45, 7) is 4.07. The Hall–Kier alpha value is -0.530. The Morgan fingerprint density at radius 2 is 1.75 bits per heavy atom. The van der Waals surface area contributed by atoms with E-state index in [9.17, 15) is 5.11 Å². The Labute approximate surface area is 103 Å². The summed E-state index contributed by atoms with van der Waals surface area (Å²) in [5, 5.41) is 11.0. The first-order chi connectivity index (χ1) is 7.56. The van der Waals surface area contributed by atoms with Crippen LogP contribution in [0.25, 0.3) is 0 Å². The smallest absolute Gasteiger partial charge is 0.0868 e. The van der Waals surface area contributed by atoms with Crippen LogP contribution in [-0.4, -0.2) is 5.11 Å². The second kappa shape index (κ2) is 6.27. The van der Waals surface area contributed by atoms with Crippen LogP contribution < -0.4 is 0 Å². The van der Waals surface area contributed by atoms with Gasteiger partial charge in [-0.05, 0) is 31.0 Å². The van der Waals surface area contributed by atoms with Crippen LogP contribution >= 0.6 is 11.6 Å². The molecule has 1 atom stereocenters. The summed E-state index contributed by atoms with van der Waals surface area (Å²) < 4.78 is 0. The van der Waals surface area contributed by atoms with Gasteiger partial charge in [0.15, 0.2) is 0 Å². The average molecular weight is 241 g/mol. The van der Waals surface area contributed by atoms with Gasteiger partial charge in [-0.3, -0.25) is 0 Å². The molecule has 0 saturated carbocycles. The summed E-state index contributed by atoms with van der Waals surface area (Å²) >= 11 is 5.83.